The highest BCUT2D eigenvalue weighted by molar-refractivity contribution is 4.90. The van der Waals surface area contributed by atoms with Crippen molar-refractivity contribution in [1.29, 1.82) is 0 Å². The summed E-state index contributed by atoms with van der Waals surface area (Å²) >= 11 is 0. The second-order valence-electron chi connectivity index (χ2n) is 6.82. The second-order valence-corrected chi connectivity index (χ2v) is 6.82. The van der Waals surface area contributed by atoms with Crippen molar-refractivity contribution in [2.45, 2.75) is 69.6 Å². The number of hydrogen-bond acceptors (Lipinski definition) is 3. The van der Waals surface area contributed by atoms with E-state index in [1.807, 2.05) is 7.11 Å². The lowest BCUT2D eigenvalue weighted by Crippen LogP contribution is -2.51. The molecule has 0 aromatic carbocycles. The van der Waals surface area contributed by atoms with Crippen molar-refractivity contribution in [3.05, 3.63) is 0 Å². The molecule has 2 aliphatic carbocycles. The summed E-state index contributed by atoms with van der Waals surface area (Å²) in [5.74, 6) is 0.987. The van der Waals surface area contributed by atoms with Crippen LogP contribution in [-0.2, 0) is 4.74 Å². The zero-order valence-electron chi connectivity index (χ0n) is 12.4. The molecule has 2 saturated carbocycles. The van der Waals surface area contributed by atoms with E-state index in [4.69, 9.17) is 4.74 Å². The molecule has 3 atom stereocenters. The van der Waals surface area contributed by atoms with Gasteiger partial charge in [-0.15, -0.1) is 0 Å². The maximum absolute atomic E-state index is 5.79. The number of nitrogens with one attached hydrogen (secondary N) is 1. The highest BCUT2D eigenvalue weighted by atomic mass is 16.5. The van der Waals surface area contributed by atoms with E-state index >= 15 is 0 Å². The summed E-state index contributed by atoms with van der Waals surface area (Å²) < 4.78 is 5.79. The van der Waals surface area contributed by atoms with Gasteiger partial charge in [-0.2, -0.15) is 0 Å². The van der Waals surface area contributed by atoms with Crippen molar-refractivity contribution in [2.75, 3.05) is 26.7 Å². The van der Waals surface area contributed by atoms with Gasteiger partial charge in [0, 0.05) is 32.3 Å². The first-order valence-electron chi connectivity index (χ1n) is 8.37. The fraction of sp³-hybridized carbons (Fsp3) is 1.00. The average Bonchev–Trinajstić information content (AvgIpc) is 3.12. The molecule has 0 radical (unpaired) electrons. The molecule has 3 unspecified atom stereocenters. The van der Waals surface area contributed by atoms with Crippen LogP contribution >= 0.6 is 0 Å². The van der Waals surface area contributed by atoms with Gasteiger partial charge in [-0.05, 0) is 51.0 Å². The van der Waals surface area contributed by atoms with Gasteiger partial charge in [0.2, 0.25) is 0 Å². The van der Waals surface area contributed by atoms with E-state index in [1.54, 1.807) is 0 Å². The van der Waals surface area contributed by atoms with E-state index in [-0.39, 0.29) is 0 Å². The van der Waals surface area contributed by atoms with Crippen LogP contribution in [0.25, 0.3) is 0 Å². The van der Waals surface area contributed by atoms with Gasteiger partial charge in [-0.25, -0.2) is 0 Å². The molecule has 1 heterocycles. The Bertz CT molecular complexity index is 274. The first kappa shape index (κ1) is 13.8. The van der Waals surface area contributed by atoms with Crippen LogP contribution < -0.4 is 5.32 Å². The van der Waals surface area contributed by atoms with Crippen molar-refractivity contribution in [3.63, 3.8) is 0 Å². The van der Waals surface area contributed by atoms with E-state index in [0.29, 0.717) is 12.1 Å². The van der Waals surface area contributed by atoms with Crippen LogP contribution in [0.2, 0.25) is 0 Å². The van der Waals surface area contributed by atoms with Crippen LogP contribution in [0.3, 0.4) is 0 Å². The third kappa shape index (κ3) is 3.71. The molecule has 0 amide bonds. The highest BCUT2D eigenvalue weighted by Crippen LogP contribution is 2.33. The van der Waals surface area contributed by atoms with Gasteiger partial charge in [-0.1, -0.05) is 12.8 Å². The Hall–Kier alpha value is -0.120. The summed E-state index contributed by atoms with van der Waals surface area (Å²) in [6.45, 7) is 3.80. The number of methoxy groups -OCH3 is 1. The molecule has 1 saturated heterocycles. The van der Waals surface area contributed by atoms with Crippen LogP contribution in [0.15, 0.2) is 0 Å². The molecule has 3 rings (SSSR count). The maximum Gasteiger partial charge on any atom is 0.0726 e. The van der Waals surface area contributed by atoms with E-state index in [0.717, 1.165) is 12.0 Å². The molecule has 3 heteroatoms. The molecule has 0 aromatic rings. The monoisotopic (exact) mass is 266 g/mol. The van der Waals surface area contributed by atoms with Crippen LogP contribution in [0.5, 0.6) is 0 Å². The summed E-state index contributed by atoms with van der Waals surface area (Å²) in [4.78, 5) is 2.79. The van der Waals surface area contributed by atoms with E-state index in [9.17, 15) is 0 Å². The standard InChI is InChI=1S/C16H30N2O/c1-19-16-7-3-2-6-15(16)18(11-13-8-9-13)12-14-5-4-10-17-14/h13-17H,2-12H2,1H3. The maximum atomic E-state index is 5.79. The Kier molecular flexibility index (Phi) is 4.78. The Labute approximate surface area is 118 Å². The molecule has 3 fully saturated rings. The number of rotatable bonds is 6. The molecule has 0 bridgehead atoms. The lowest BCUT2D eigenvalue weighted by molar-refractivity contribution is -0.0151. The average molecular weight is 266 g/mol. The minimum absolute atomic E-state index is 0.480. The van der Waals surface area contributed by atoms with Crippen molar-refractivity contribution in [2.24, 2.45) is 5.92 Å². The predicted octanol–water partition coefficient (Wildman–Crippen LogP) is 2.41. The Morgan fingerprint density at radius 3 is 2.53 bits per heavy atom. The van der Waals surface area contributed by atoms with Crippen LogP contribution in [0.4, 0.5) is 0 Å². The smallest absolute Gasteiger partial charge is 0.0726 e. The predicted molar refractivity (Wildman–Crippen MR) is 78.4 cm³/mol. The molecule has 0 spiro atoms. The van der Waals surface area contributed by atoms with E-state index < -0.39 is 0 Å². The first-order chi connectivity index (χ1) is 9.36. The number of hydrogen-bond donors (Lipinski definition) is 1. The van der Waals surface area contributed by atoms with Gasteiger partial charge in [0.25, 0.3) is 0 Å². The lowest BCUT2D eigenvalue weighted by Gasteiger charge is -2.40. The van der Waals surface area contributed by atoms with Gasteiger partial charge in [0.15, 0.2) is 0 Å². The van der Waals surface area contributed by atoms with Crippen molar-refractivity contribution < 1.29 is 4.74 Å². The highest BCUT2D eigenvalue weighted by Gasteiger charge is 2.35. The molecule has 19 heavy (non-hydrogen) atoms. The molecular formula is C16H30N2O. The molecule has 0 aromatic heterocycles. The van der Waals surface area contributed by atoms with Crippen molar-refractivity contribution >= 4 is 0 Å². The van der Waals surface area contributed by atoms with Gasteiger partial charge < -0.3 is 10.1 Å². The first-order valence-corrected chi connectivity index (χ1v) is 8.37. The summed E-state index contributed by atoms with van der Waals surface area (Å²) in [7, 11) is 1.91. The fourth-order valence-corrected chi connectivity index (χ4v) is 3.94. The zero-order chi connectivity index (χ0) is 13.1. The molecular weight excluding hydrogens is 236 g/mol. The van der Waals surface area contributed by atoms with E-state index in [1.165, 1.54) is 71.0 Å². The molecule has 3 nitrogen and oxygen atoms in total. The molecule has 1 aliphatic heterocycles. The van der Waals surface area contributed by atoms with Crippen molar-refractivity contribution in [3.8, 4) is 0 Å². The summed E-state index contributed by atoms with van der Waals surface area (Å²) in [5.41, 5.74) is 0. The lowest BCUT2D eigenvalue weighted by atomic mass is 9.90. The number of nitrogens with zero attached hydrogens (tertiary/aromatic N) is 1. The molecule has 110 valence electrons. The molecule has 1 N–H and O–H groups in total. The van der Waals surface area contributed by atoms with Crippen LogP contribution in [0, 0.1) is 5.92 Å². The normalized spacial score (nSPS) is 36.0. The third-order valence-corrected chi connectivity index (χ3v) is 5.25. The topological polar surface area (TPSA) is 24.5 Å². The Morgan fingerprint density at radius 2 is 1.84 bits per heavy atom. The number of ether oxygens (including phenoxy) is 1. The molecule has 3 aliphatic rings. The van der Waals surface area contributed by atoms with Crippen molar-refractivity contribution in [1.82, 2.24) is 10.2 Å². The summed E-state index contributed by atoms with van der Waals surface area (Å²) in [6, 6.07) is 1.42. The van der Waals surface area contributed by atoms with Gasteiger partial charge in [0.05, 0.1) is 6.10 Å². The van der Waals surface area contributed by atoms with E-state index in [2.05, 4.69) is 10.2 Å². The Morgan fingerprint density at radius 1 is 1.00 bits per heavy atom. The summed E-state index contributed by atoms with van der Waals surface area (Å²) in [5, 5.41) is 3.67. The van der Waals surface area contributed by atoms with Crippen LogP contribution in [-0.4, -0.2) is 49.8 Å². The summed E-state index contributed by atoms with van der Waals surface area (Å²) in [6.07, 6.45) is 11.5. The fourth-order valence-electron chi connectivity index (χ4n) is 3.94. The van der Waals surface area contributed by atoms with Gasteiger partial charge in [0.1, 0.15) is 0 Å². The Balaban J connectivity index is 1.61. The second kappa shape index (κ2) is 6.55. The third-order valence-electron chi connectivity index (χ3n) is 5.25. The minimum Gasteiger partial charge on any atom is -0.380 e. The SMILES string of the molecule is COC1CCCCC1N(CC1CC1)CC1CCCN1. The largest absolute Gasteiger partial charge is 0.380 e. The van der Waals surface area contributed by atoms with Gasteiger partial charge >= 0.3 is 0 Å². The van der Waals surface area contributed by atoms with Crippen LogP contribution in [0.1, 0.15) is 51.4 Å². The quantitative estimate of drug-likeness (QED) is 0.799. The zero-order valence-corrected chi connectivity index (χ0v) is 12.4. The minimum atomic E-state index is 0.480. The van der Waals surface area contributed by atoms with Gasteiger partial charge in [-0.3, -0.25) is 4.90 Å².